The fraction of sp³-hybridized carbons (Fsp3) is 0.595. The van der Waals surface area contributed by atoms with Crippen molar-refractivity contribution < 1.29 is 28.6 Å². The highest BCUT2D eigenvalue weighted by molar-refractivity contribution is 5.91. The lowest BCUT2D eigenvalue weighted by Crippen LogP contribution is -2.41. The van der Waals surface area contributed by atoms with Crippen molar-refractivity contribution in [2.24, 2.45) is 17.6 Å². The smallest absolute Gasteiger partial charge is 0.407 e. The summed E-state index contributed by atoms with van der Waals surface area (Å²) in [5.74, 6) is 0.529. The van der Waals surface area contributed by atoms with Crippen LogP contribution in [-0.2, 0) is 27.1 Å². The Kier molecular flexibility index (Phi) is 14.4. The van der Waals surface area contributed by atoms with Gasteiger partial charge in [-0.2, -0.15) is 0 Å². The van der Waals surface area contributed by atoms with Crippen LogP contribution in [0.2, 0.25) is 0 Å². The molecule has 0 aromatic heterocycles. The summed E-state index contributed by atoms with van der Waals surface area (Å²) in [5.41, 5.74) is 22.2. The van der Waals surface area contributed by atoms with E-state index >= 15 is 0 Å². The Labute approximate surface area is 280 Å². The first-order valence-corrected chi connectivity index (χ1v) is 17.1. The average molecular weight is 653 g/mol. The normalized spacial score (nSPS) is 21.1. The summed E-state index contributed by atoms with van der Waals surface area (Å²) in [6.07, 6.45) is 9.98. The molecule has 0 atom stereocenters. The molecular formula is C37H56N4O6. The van der Waals surface area contributed by atoms with Crippen molar-refractivity contribution in [1.29, 1.82) is 0 Å². The van der Waals surface area contributed by atoms with Crippen molar-refractivity contribution >= 4 is 29.4 Å². The zero-order valence-corrected chi connectivity index (χ0v) is 28.9. The first-order chi connectivity index (χ1) is 22.3. The van der Waals surface area contributed by atoms with Crippen LogP contribution < -0.4 is 22.5 Å². The number of hydrogen-bond acceptors (Lipinski definition) is 9. The van der Waals surface area contributed by atoms with Crippen molar-refractivity contribution in [2.45, 2.75) is 117 Å². The number of amides is 1. The van der Waals surface area contributed by atoms with Crippen LogP contribution >= 0.6 is 0 Å². The van der Waals surface area contributed by atoms with Crippen LogP contribution in [0.25, 0.3) is 0 Å². The number of rotatable bonds is 9. The highest BCUT2D eigenvalue weighted by Gasteiger charge is 2.25. The van der Waals surface area contributed by atoms with Crippen molar-refractivity contribution in [2.75, 3.05) is 24.7 Å². The van der Waals surface area contributed by atoms with Gasteiger partial charge < -0.3 is 36.7 Å². The molecule has 2 aromatic carbocycles. The van der Waals surface area contributed by atoms with Gasteiger partial charge in [0.15, 0.2) is 0 Å². The number of nitrogens with two attached hydrogens (primary N) is 3. The summed E-state index contributed by atoms with van der Waals surface area (Å²) < 4.78 is 15.3. The average Bonchev–Trinajstić information content (AvgIpc) is 3.01. The van der Waals surface area contributed by atoms with Gasteiger partial charge in [-0.25, -0.2) is 14.4 Å². The summed E-state index contributed by atoms with van der Waals surface area (Å²) in [5, 5.41) is 2.97. The second kappa shape index (κ2) is 17.9. The predicted molar refractivity (Wildman–Crippen MR) is 186 cm³/mol. The third-order valence-corrected chi connectivity index (χ3v) is 8.79. The third-order valence-electron chi connectivity index (χ3n) is 8.79. The number of hydrogen-bond donors (Lipinski definition) is 4. The summed E-state index contributed by atoms with van der Waals surface area (Å²) in [6, 6.07) is 11.4. The molecule has 0 saturated heterocycles. The molecule has 10 nitrogen and oxygen atoms in total. The van der Waals surface area contributed by atoms with Gasteiger partial charge in [0.1, 0.15) is 5.60 Å². The van der Waals surface area contributed by atoms with Gasteiger partial charge in [-0.15, -0.1) is 0 Å². The Morgan fingerprint density at radius 1 is 0.723 bits per heavy atom. The van der Waals surface area contributed by atoms with Crippen molar-refractivity contribution in [3.63, 3.8) is 0 Å². The predicted octanol–water partition coefficient (Wildman–Crippen LogP) is 6.58. The van der Waals surface area contributed by atoms with E-state index < -0.39 is 5.60 Å². The molecule has 2 aliphatic rings. The standard InChI is InChI=1S/C21H32N2O4.C16H24N2O2/c1-5-26-19(24)16-9-8-15(18(22)13-16)12-14-6-10-17(11-7-14)23-20(25)27-21(2,3)4;1-2-20-16(19)13-6-5-12(15(18)10-13)9-11-3-7-14(17)8-4-11/h8-9,13-14,17H,5-7,10-12,22H2,1-4H3,(H,23,25);5-6,10-11,14H,2-4,7-9,17-18H2,1H3. The number of carbonyl (C=O) groups excluding carboxylic acids is 3. The molecule has 1 amide bonds. The first kappa shape index (κ1) is 37.7. The second-order valence-electron chi connectivity index (χ2n) is 13.8. The van der Waals surface area contributed by atoms with E-state index in [0.717, 1.165) is 62.5 Å². The molecule has 0 bridgehead atoms. The molecule has 4 rings (SSSR count). The minimum absolute atomic E-state index is 0.166. The molecule has 2 saturated carbocycles. The third kappa shape index (κ3) is 12.7. The molecule has 47 heavy (non-hydrogen) atoms. The van der Waals surface area contributed by atoms with Gasteiger partial charge in [0.25, 0.3) is 0 Å². The van der Waals surface area contributed by atoms with E-state index in [1.807, 2.05) is 32.9 Å². The lowest BCUT2D eigenvalue weighted by molar-refractivity contribution is 0.0483. The minimum atomic E-state index is -0.478. The molecule has 10 heteroatoms. The van der Waals surface area contributed by atoms with Crippen LogP contribution in [-0.4, -0.2) is 48.9 Å². The Balaban J connectivity index is 0.000000267. The molecule has 0 aliphatic heterocycles. The van der Waals surface area contributed by atoms with Gasteiger partial charge in [0, 0.05) is 23.5 Å². The Morgan fingerprint density at radius 3 is 1.53 bits per heavy atom. The molecule has 0 unspecified atom stereocenters. The van der Waals surface area contributed by atoms with Crippen LogP contribution in [0.5, 0.6) is 0 Å². The lowest BCUT2D eigenvalue weighted by Gasteiger charge is -2.30. The number of nitrogens with one attached hydrogen (secondary N) is 1. The van der Waals surface area contributed by atoms with Gasteiger partial charge in [-0.3, -0.25) is 0 Å². The van der Waals surface area contributed by atoms with E-state index in [2.05, 4.69) is 5.32 Å². The van der Waals surface area contributed by atoms with Crippen LogP contribution in [0.1, 0.15) is 118 Å². The molecule has 0 spiro atoms. The van der Waals surface area contributed by atoms with Gasteiger partial charge >= 0.3 is 18.0 Å². The summed E-state index contributed by atoms with van der Waals surface area (Å²) in [7, 11) is 0. The summed E-state index contributed by atoms with van der Waals surface area (Å²) in [6.45, 7) is 9.89. The molecule has 2 aliphatic carbocycles. The number of benzene rings is 2. The largest absolute Gasteiger partial charge is 0.462 e. The highest BCUT2D eigenvalue weighted by Crippen LogP contribution is 2.30. The number of esters is 2. The maximum Gasteiger partial charge on any atom is 0.407 e. The minimum Gasteiger partial charge on any atom is -0.462 e. The highest BCUT2D eigenvalue weighted by atomic mass is 16.6. The molecule has 2 aromatic rings. The van der Waals surface area contributed by atoms with E-state index in [9.17, 15) is 14.4 Å². The maximum absolute atomic E-state index is 11.9. The molecule has 260 valence electrons. The van der Waals surface area contributed by atoms with E-state index in [0.29, 0.717) is 53.6 Å². The maximum atomic E-state index is 11.9. The summed E-state index contributed by atoms with van der Waals surface area (Å²) in [4.78, 5) is 35.3. The SMILES string of the molecule is CCOC(=O)c1ccc(CC2CCC(N)CC2)c(N)c1.CCOC(=O)c1ccc(CC2CCC(NC(=O)OC(C)(C)C)CC2)c(N)c1. The fourth-order valence-corrected chi connectivity index (χ4v) is 6.24. The molecule has 2 fully saturated rings. The van der Waals surface area contributed by atoms with Gasteiger partial charge in [-0.1, -0.05) is 12.1 Å². The van der Waals surface area contributed by atoms with Gasteiger partial charge in [0.2, 0.25) is 0 Å². The number of carbonyl (C=O) groups is 3. The number of ether oxygens (including phenoxy) is 3. The molecule has 0 radical (unpaired) electrons. The van der Waals surface area contributed by atoms with E-state index in [4.69, 9.17) is 31.4 Å². The van der Waals surface area contributed by atoms with Crippen LogP contribution in [0, 0.1) is 11.8 Å². The Morgan fingerprint density at radius 2 is 1.15 bits per heavy atom. The second-order valence-corrected chi connectivity index (χ2v) is 13.8. The molecular weight excluding hydrogens is 596 g/mol. The van der Waals surface area contributed by atoms with Crippen molar-refractivity contribution in [1.82, 2.24) is 5.32 Å². The topological polar surface area (TPSA) is 169 Å². The first-order valence-electron chi connectivity index (χ1n) is 17.1. The van der Waals surface area contributed by atoms with Crippen molar-refractivity contribution in [3.8, 4) is 0 Å². The van der Waals surface area contributed by atoms with Gasteiger partial charge in [-0.05, 0) is 146 Å². The lowest BCUT2D eigenvalue weighted by atomic mass is 9.82. The van der Waals surface area contributed by atoms with Gasteiger partial charge in [0.05, 0.1) is 24.3 Å². The van der Waals surface area contributed by atoms with Crippen LogP contribution in [0.3, 0.4) is 0 Å². The number of nitrogen functional groups attached to an aromatic ring is 2. The monoisotopic (exact) mass is 652 g/mol. The number of anilines is 2. The Bertz CT molecular complexity index is 1320. The summed E-state index contributed by atoms with van der Waals surface area (Å²) >= 11 is 0. The van der Waals surface area contributed by atoms with Crippen LogP contribution in [0.4, 0.5) is 16.2 Å². The van der Waals surface area contributed by atoms with Crippen LogP contribution in [0.15, 0.2) is 36.4 Å². The fourth-order valence-electron chi connectivity index (χ4n) is 6.24. The van der Waals surface area contributed by atoms with E-state index in [-0.39, 0.29) is 24.1 Å². The van der Waals surface area contributed by atoms with E-state index in [1.165, 1.54) is 12.8 Å². The molecule has 7 N–H and O–H groups in total. The zero-order chi connectivity index (χ0) is 34.6. The zero-order valence-electron chi connectivity index (χ0n) is 28.9. The van der Waals surface area contributed by atoms with E-state index in [1.54, 1.807) is 38.1 Å². The number of alkyl carbamates (subject to hydrolysis) is 1. The molecule has 0 heterocycles. The van der Waals surface area contributed by atoms with Crippen molar-refractivity contribution in [3.05, 3.63) is 58.7 Å². The Hall–Kier alpha value is -3.79. The quantitative estimate of drug-likeness (QED) is 0.133.